The number of rotatable bonds is 0. The monoisotopic (exact) mass is 253 g/mol. The molecule has 2 aliphatic rings. The van der Waals surface area contributed by atoms with Crippen molar-refractivity contribution in [3.05, 3.63) is 35.5 Å². The number of nitrogens with zero attached hydrogens (tertiary/aromatic N) is 1. The summed E-state index contributed by atoms with van der Waals surface area (Å²) < 4.78 is 2.48. The third-order valence-electron chi connectivity index (χ3n) is 5.82. The average molecular weight is 253 g/mol. The molecule has 1 nitrogen and oxygen atoms in total. The van der Waals surface area contributed by atoms with E-state index in [0.29, 0.717) is 5.41 Å². The Hall–Kier alpha value is -1.24. The number of aromatic nitrogens is 1. The Bertz CT molecular complexity index is 647. The Morgan fingerprint density at radius 3 is 2.68 bits per heavy atom. The molecule has 2 aliphatic carbocycles. The van der Waals surface area contributed by atoms with Crippen LogP contribution in [-0.2, 0) is 12.5 Å². The minimum Gasteiger partial charge on any atom is -0.347 e. The van der Waals surface area contributed by atoms with Crippen molar-refractivity contribution in [3.63, 3.8) is 0 Å². The summed E-state index contributed by atoms with van der Waals surface area (Å²) >= 11 is 0. The predicted molar refractivity (Wildman–Crippen MR) is 80.6 cm³/mol. The normalized spacial score (nSPS) is 28.4. The molecule has 1 aromatic carbocycles. The van der Waals surface area contributed by atoms with Crippen molar-refractivity contribution in [2.45, 2.75) is 50.9 Å². The van der Waals surface area contributed by atoms with Crippen LogP contribution in [0.3, 0.4) is 0 Å². The van der Waals surface area contributed by atoms with Crippen LogP contribution in [0.15, 0.2) is 24.3 Å². The van der Waals surface area contributed by atoms with Crippen molar-refractivity contribution in [2.24, 2.45) is 13.0 Å². The largest absolute Gasteiger partial charge is 0.347 e. The van der Waals surface area contributed by atoms with Gasteiger partial charge in [-0.3, -0.25) is 0 Å². The predicted octanol–water partition coefficient (Wildman–Crippen LogP) is 4.74. The van der Waals surface area contributed by atoms with E-state index in [2.05, 4.69) is 49.7 Å². The first-order valence-electron chi connectivity index (χ1n) is 7.70. The minimum absolute atomic E-state index is 0.341. The van der Waals surface area contributed by atoms with E-state index in [1.54, 1.807) is 11.3 Å². The lowest BCUT2D eigenvalue weighted by molar-refractivity contribution is 0.228. The topological polar surface area (TPSA) is 4.93 Å². The van der Waals surface area contributed by atoms with E-state index >= 15 is 0 Å². The maximum absolute atomic E-state index is 2.48. The van der Waals surface area contributed by atoms with Crippen LogP contribution in [0.25, 0.3) is 10.9 Å². The van der Waals surface area contributed by atoms with Crippen molar-refractivity contribution in [2.75, 3.05) is 0 Å². The van der Waals surface area contributed by atoms with Gasteiger partial charge in [0.2, 0.25) is 0 Å². The molecular weight excluding hydrogens is 230 g/mol. The number of hydrogen-bond acceptors (Lipinski definition) is 0. The number of hydrogen-bond donors (Lipinski definition) is 0. The van der Waals surface area contributed by atoms with Crippen LogP contribution in [0.1, 0.15) is 56.7 Å². The van der Waals surface area contributed by atoms with Gasteiger partial charge in [-0.2, -0.15) is 0 Å². The molecule has 0 aliphatic heterocycles. The summed E-state index contributed by atoms with van der Waals surface area (Å²) in [5, 5.41) is 1.52. The van der Waals surface area contributed by atoms with Gasteiger partial charge in [0.15, 0.2) is 0 Å². The summed E-state index contributed by atoms with van der Waals surface area (Å²) in [7, 11) is 2.26. The zero-order chi connectivity index (χ0) is 13.2. The molecule has 4 rings (SSSR count). The lowest BCUT2D eigenvalue weighted by Gasteiger charge is -2.35. The molecule has 1 aromatic heterocycles. The lowest BCUT2D eigenvalue weighted by Crippen LogP contribution is -2.30. The highest BCUT2D eigenvalue weighted by molar-refractivity contribution is 5.87. The highest BCUT2D eigenvalue weighted by Crippen LogP contribution is 2.58. The summed E-state index contributed by atoms with van der Waals surface area (Å²) in [5.74, 6) is 1.67. The van der Waals surface area contributed by atoms with Gasteiger partial charge in [0.25, 0.3) is 0 Å². The maximum Gasteiger partial charge on any atom is 0.0483 e. The molecule has 0 amide bonds. The van der Waals surface area contributed by atoms with Crippen molar-refractivity contribution in [1.29, 1.82) is 0 Å². The van der Waals surface area contributed by atoms with E-state index in [1.807, 2.05) is 0 Å². The van der Waals surface area contributed by atoms with E-state index < -0.39 is 0 Å². The number of fused-ring (bicyclic) bond motifs is 5. The Balaban J connectivity index is 2.06. The Labute approximate surface area is 115 Å². The van der Waals surface area contributed by atoms with Gasteiger partial charge in [0.05, 0.1) is 0 Å². The van der Waals surface area contributed by atoms with E-state index in [0.717, 1.165) is 11.8 Å². The second kappa shape index (κ2) is 3.65. The van der Waals surface area contributed by atoms with Gasteiger partial charge in [-0.25, -0.2) is 0 Å². The third kappa shape index (κ3) is 1.31. The molecule has 0 unspecified atom stereocenters. The first-order chi connectivity index (χ1) is 9.12. The van der Waals surface area contributed by atoms with Crippen LogP contribution in [0, 0.1) is 5.92 Å². The zero-order valence-corrected chi connectivity index (χ0v) is 12.2. The van der Waals surface area contributed by atoms with Gasteiger partial charge in [0, 0.05) is 29.1 Å². The Kier molecular flexibility index (Phi) is 2.23. The van der Waals surface area contributed by atoms with Crippen LogP contribution in [0.5, 0.6) is 0 Å². The van der Waals surface area contributed by atoms with Gasteiger partial charge in [-0.05, 0) is 36.3 Å². The molecule has 0 N–H and O–H groups in total. The van der Waals surface area contributed by atoms with E-state index in [1.165, 1.54) is 36.6 Å². The van der Waals surface area contributed by atoms with Crippen molar-refractivity contribution >= 4 is 10.9 Å². The van der Waals surface area contributed by atoms with Crippen LogP contribution in [0.2, 0.25) is 0 Å². The highest BCUT2D eigenvalue weighted by Gasteiger charge is 2.49. The van der Waals surface area contributed by atoms with Crippen molar-refractivity contribution < 1.29 is 0 Å². The summed E-state index contributed by atoms with van der Waals surface area (Å²) in [6, 6.07) is 8.98. The highest BCUT2D eigenvalue weighted by atomic mass is 15.0. The smallest absolute Gasteiger partial charge is 0.0483 e. The zero-order valence-electron chi connectivity index (χ0n) is 12.2. The molecule has 1 saturated carbocycles. The lowest BCUT2D eigenvalue weighted by atomic mass is 9.70. The second-order valence-electron chi connectivity index (χ2n) is 7.06. The molecule has 19 heavy (non-hydrogen) atoms. The van der Waals surface area contributed by atoms with Crippen LogP contribution < -0.4 is 0 Å². The number of aryl methyl sites for hydroxylation is 1. The molecule has 1 heteroatoms. The molecule has 0 saturated heterocycles. The van der Waals surface area contributed by atoms with Crippen LogP contribution in [0.4, 0.5) is 0 Å². The first kappa shape index (κ1) is 11.6. The van der Waals surface area contributed by atoms with Gasteiger partial charge in [-0.15, -0.1) is 0 Å². The fourth-order valence-corrected chi connectivity index (χ4v) is 5.09. The van der Waals surface area contributed by atoms with E-state index in [4.69, 9.17) is 0 Å². The quantitative estimate of drug-likeness (QED) is 0.639. The second-order valence-corrected chi connectivity index (χ2v) is 7.06. The maximum atomic E-state index is 2.48. The van der Waals surface area contributed by atoms with Crippen molar-refractivity contribution in [3.8, 4) is 0 Å². The number of para-hydroxylation sites is 1. The Morgan fingerprint density at radius 2 is 1.84 bits per heavy atom. The molecule has 0 spiro atoms. The van der Waals surface area contributed by atoms with Crippen LogP contribution >= 0.6 is 0 Å². The molecule has 2 aromatic rings. The van der Waals surface area contributed by atoms with Crippen molar-refractivity contribution in [1.82, 2.24) is 4.57 Å². The molecule has 1 fully saturated rings. The van der Waals surface area contributed by atoms with Gasteiger partial charge < -0.3 is 4.57 Å². The van der Waals surface area contributed by atoms with E-state index in [9.17, 15) is 0 Å². The fraction of sp³-hybridized carbons (Fsp3) is 0.556. The molecule has 0 radical (unpaired) electrons. The summed E-state index contributed by atoms with van der Waals surface area (Å²) in [6.07, 6.45) is 5.66. The SMILES string of the molecule is Cn1c2c(c3ccccc31)[C@@H]1CCCC[C@H]1C2(C)C. The van der Waals surface area contributed by atoms with Crippen LogP contribution in [-0.4, -0.2) is 4.57 Å². The molecular formula is C18H23N. The third-order valence-corrected chi connectivity index (χ3v) is 5.82. The molecule has 2 atom stereocenters. The fourth-order valence-electron chi connectivity index (χ4n) is 5.09. The Morgan fingerprint density at radius 1 is 1.11 bits per heavy atom. The summed E-state index contributed by atoms with van der Waals surface area (Å²) in [5.41, 5.74) is 5.07. The summed E-state index contributed by atoms with van der Waals surface area (Å²) in [4.78, 5) is 0. The molecule has 1 heterocycles. The van der Waals surface area contributed by atoms with Gasteiger partial charge in [-0.1, -0.05) is 44.9 Å². The van der Waals surface area contributed by atoms with Gasteiger partial charge in [0.1, 0.15) is 0 Å². The standard InChI is InChI=1S/C18H23N/c1-18(2)14-10-6-4-8-12(14)16-13-9-5-7-11-15(13)19(3)17(16)18/h5,7,9,11-12,14H,4,6,8,10H2,1-3H3/t12-,14-/m1/s1. The average Bonchev–Trinajstić information content (AvgIpc) is 2.85. The minimum atomic E-state index is 0.341. The summed E-state index contributed by atoms with van der Waals surface area (Å²) in [6.45, 7) is 4.95. The number of benzene rings is 1. The molecule has 0 bridgehead atoms. The molecule has 100 valence electrons. The van der Waals surface area contributed by atoms with Gasteiger partial charge >= 0.3 is 0 Å². The van der Waals surface area contributed by atoms with E-state index in [-0.39, 0.29) is 0 Å². The first-order valence-corrected chi connectivity index (χ1v) is 7.70.